The lowest BCUT2D eigenvalue weighted by atomic mass is 9.80. The molecule has 0 bridgehead atoms. The van der Waals surface area contributed by atoms with Gasteiger partial charge in [0.1, 0.15) is 5.76 Å². The Morgan fingerprint density at radius 3 is 2.67 bits per heavy atom. The first kappa shape index (κ1) is 13.6. The van der Waals surface area contributed by atoms with E-state index in [1.807, 2.05) is 13.8 Å². The van der Waals surface area contributed by atoms with Gasteiger partial charge in [0, 0.05) is 5.54 Å². The van der Waals surface area contributed by atoms with Crippen molar-refractivity contribution in [2.45, 2.75) is 50.3 Å². The van der Waals surface area contributed by atoms with Crippen LogP contribution in [-0.4, -0.2) is 20.5 Å². The Hall–Kier alpha value is -0.850. The minimum absolute atomic E-state index is 0.00327. The van der Waals surface area contributed by atoms with E-state index >= 15 is 0 Å². The molecule has 102 valence electrons. The third-order valence-electron chi connectivity index (χ3n) is 3.29. The van der Waals surface area contributed by atoms with Gasteiger partial charge in [0.15, 0.2) is 0 Å². The maximum Gasteiger partial charge on any atom is 0.274 e. The van der Waals surface area contributed by atoms with E-state index in [-0.39, 0.29) is 10.6 Å². The van der Waals surface area contributed by atoms with Crippen LogP contribution in [0.2, 0.25) is 0 Å². The highest BCUT2D eigenvalue weighted by Crippen LogP contribution is 2.32. The Balaban J connectivity index is 2.07. The van der Waals surface area contributed by atoms with Crippen molar-refractivity contribution in [2.75, 3.05) is 6.54 Å². The quantitative estimate of drug-likeness (QED) is 0.825. The van der Waals surface area contributed by atoms with Gasteiger partial charge in [0.25, 0.3) is 10.0 Å². The van der Waals surface area contributed by atoms with E-state index in [0.29, 0.717) is 12.3 Å². The summed E-state index contributed by atoms with van der Waals surface area (Å²) >= 11 is 0. The molecule has 1 aliphatic rings. The molecule has 0 aliphatic heterocycles. The summed E-state index contributed by atoms with van der Waals surface area (Å²) in [5.74, 6) is 0.635. The molecule has 6 heteroatoms. The van der Waals surface area contributed by atoms with E-state index in [9.17, 15) is 8.42 Å². The van der Waals surface area contributed by atoms with Crippen LogP contribution in [0.3, 0.4) is 0 Å². The Kier molecular flexibility index (Phi) is 3.79. The van der Waals surface area contributed by atoms with Gasteiger partial charge in [-0.1, -0.05) is 6.92 Å². The molecule has 0 amide bonds. The van der Waals surface area contributed by atoms with Gasteiger partial charge in [-0.15, -0.1) is 0 Å². The van der Waals surface area contributed by atoms with Crippen LogP contribution < -0.4 is 10.0 Å². The molecule has 5 nitrogen and oxygen atoms in total. The van der Waals surface area contributed by atoms with Gasteiger partial charge in [-0.3, -0.25) is 0 Å². The number of rotatable bonds is 6. The van der Waals surface area contributed by atoms with E-state index in [2.05, 4.69) is 10.0 Å². The molecule has 1 heterocycles. The molecule has 0 spiro atoms. The van der Waals surface area contributed by atoms with Gasteiger partial charge < -0.3 is 9.73 Å². The minimum atomic E-state index is -3.53. The van der Waals surface area contributed by atoms with Crippen LogP contribution in [0.5, 0.6) is 0 Å². The van der Waals surface area contributed by atoms with E-state index < -0.39 is 10.0 Å². The maximum atomic E-state index is 12.1. The minimum Gasteiger partial charge on any atom is -0.447 e. The zero-order chi connectivity index (χ0) is 13.2. The molecule has 1 fully saturated rings. The molecular weight excluding hydrogens is 252 g/mol. The van der Waals surface area contributed by atoms with Crippen LogP contribution in [0.1, 0.15) is 38.9 Å². The lowest BCUT2D eigenvalue weighted by Crippen LogP contribution is -2.50. The summed E-state index contributed by atoms with van der Waals surface area (Å²) in [4.78, 5) is 0. The van der Waals surface area contributed by atoms with Crippen molar-refractivity contribution in [2.24, 2.45) is 0 Å². The standard InChI is InChI=1S/C12H20N2O3S/c1-3-13-9-10-5-6-11(17-10)18(15,16)14-12(2)7-4-8-12/h5-6,13-14H,3-4,7-9H2,1-2H3. The number of sulfonamides is 1. The predicted molar refractivity (Wildman–Crippen MR) is 68.7 cm³/mol. The average molecular weight is 272 g/mol. The Labute approximate surface area is 108 Å². The van der Waals surface area contributed by atoms with Crippen molar-refractivity contribution in [1.29, 1.82) is 0 Å². The Bertz CT molecular complexity index is 503. The predicted octanol–water partition coefficient (Wildman–Crippen LogP) is 1.61. The highest BCUT2D eigenvalue weighted by atomic mass is 32.2. The zero-order valence-corrected chi connectivity index (χ0v) is 11.6. The van der Waals surface area contributed by atoms with E-state index in [1.54, 1.807) is 6.07 Å². The number of hydrogen-bond donors (Lipinski definition) is 2. The molecule has 0 unspecified atom stereocenters. The lowest BCUT2D eigenvalue weighted by molar-refractivity contribution is 0.245. The summed E-state index contributed by atoms with van der Waals surface area (Å²) in [7, 11) is -3.53. The third-order valence-corrected chi connectivity index (χ3v) is 4.80. The first-order valence-corrected chi connectivity index (χ1v) is 7.77. The average Bonchev–Trinajstić information content (AvgIpc) is 2.73. The fourth-order valence-corrected chi connectivity index (χ4v) is 3.45. The number of nitrogens with one attached hydrogen (secondary N) is 2. The van der Waals surface area contributed by atoms with Crippen LogP contribution in [0.25, 0.3) is 0 Å². The third kappa shape index (κ3) is 2.93. The first-order valence-electron chi connectivity index (χ1n) is 6.29. The summed E-state index contributed by atoms with van der Waals surface area (Å²) in [5.41, 5.74) is -0.298. The van der Waals surface area contributed by atoms with E-state index in [0.717, 1.165) is 25.8 Å². The van der Waals surface area contributed by atoms with E-state index in [1.165, 1.54) is 6.07 Å². The largest absolute Gasteiger partial charge is 0.447 e. The summed E-state index contributed by atoms with van der Waals surface area (Å²) in [6.45, 7) is 5.28. The summed E-state index contributed by atoms with van der Waals surface area (Å²) < 4.78 is 32.3. The first-order chi connectivity index (χ1) is 8.45. The molecule has 1 aromatic heterocycles. The van der Waals surface area contributed by atoms with Crippen LogP contribution in [0.4, 0.5) is 0 Å². The molecule has 0 saturated heterocycles. The molecule has 18 heavy (non-hydrogen) atoms. The molecule has 1 aromatic rings. The normalized spacial score (nSPS) is 18.6. The second-order valence-electron chi connectivity index (χ2n) is 5.02. The fourth-order valence-electron chi connectivity index (χ4n) is 2.03. The molecular formula is C12H20N2O3S. The maximum absolute atomic E-state index is 12.1. The van der Waals surface area contributed by atoms with Gasteiger partial charge >= 0.3 is 0 Å². The Morgan fingerprint density at radius 2 is 2.11 bits per heavy atom. The number of furan rings is 1. The number of hydrogen-bond acceptors (Lipinski definition) is 4. The van der Waals surface area contributed by atoms with Crippen molar-refractivity contribution < 1.29 is 12.8 Å². The second-order valence-corrected chi connectivity index (χ2v) is 6.63. The summed E-state index contributed by atoms with van der Waals surface area (Å²) in [5, 5.41) is 3.09. The fraction of sp³-hybridized carbons (Fsp3) is 0.667. The van der Waals surface area contributed by atoms with Crippen molar-refractivity contribution >= 4 is 10.0 Å². The SMILES string of the molecule is CCNCc1ccc(S(=O)(=O)NC2(C)CCC2)o1. The molecule has 0 atom stereocenters. The topological polar surface area (TPSA) is 71.3 Å². The molecule has 2 N–H and O–H groups in total. The highest BCUT2D eigenvalue weighted by Gasteiger charge is 2.37. The van der Waals surface area contributed by atoms with Gasteiger partial charge in [-0.25, -0.2) is 13.1 Å². The summed E-state index contributed by atoms with van der Waals surface area (Å²) in [6, 6.07) is 3.21. The Morgan fingerprint density at radius 1 is 1.39 bits per heavy atom. The van der Waals surface area contributed by atoms with Crippen LogP contribution in [0, 0.1) is 0 Å². The summed E-state index contributed by atoms with van der Waals surface area (Å²) in [6.07, 6.45) is 2.84. The van der Waals surface area contributed by atoms with Gasteiger partial charge in [0.05, 0.1) is 6.54 Å². The second kappa shape index (κ2) is 5.03. The van der Waals surface area contributed by atoms with Crippen molar-refractivity contribution in [3.8, 4) is 0 Å². The van der Waals surface area contributed by atoms with Gasteiger partial charge in [-0.05, 0) is 44.9 Å². The van der Waals surface area contributed by atoms with Crippen molar-refractivity contribution in [1.82, 2.24) is 10.0 Å². The van der Waals surface area contributed by atoms with Crippen LogP contribution in [0.15, 0.2) is 21.6 Å². The van der Waals surface area contributed by atoms with Crippen LogP contribution >= 0.6 is 0 Å². The van der Waals surface area contributed by atoms with Crippen molar-refractivity contribution in [3.05, 3.63) is 17.9 Å². The molecule has 0 aromatic carbocycles. The van der Waals surface area contributed by atoms with E-state index in [4.69, 9.17) is 4.42 Å². The monoisotopic (exact) mass is 272 g/mol. The molecule has 1 aliphatic carbocycles. The molecule has 2 rings (SSSR count). The highest BCUT2D eigenvalue weighted by molar-refractivity contribution is 7.89. The molecule has 1 saturated carbocycles. The molecule has 0 radical (unpaired) electrons. The van der Waals surface area contributed by atoms with Crippen LogP contribution in [-0.2, 0) is 16.6 Å². The lowest BCUT2D eigenvalue weighted by Gasteiger charge is -2.38. The zero-order valence-electron chi connectivity index (χ0n) is 10.8. The smallest absolute Gasteiger partial charge is 0.274 e. The van der Waals surface area contributed by atoms with Gasteiger partial charge in [-0.2, -0.15) is 0 Å². The van der Waals surface area contributed by atoms with Crippen molar-refractivity contribution in [3.63, 3.8) is 0 Å². The van der Waals surface area contributed by atoms with Gasteiger partial charge in [0.2, 0.25) is 5.09 Å².